The summed E-state index contributed by atoms with van der Waals surface area (Å²) in [6.45, 7) is 8.56. The van der Waals surface area contributed by atoms with Crippen molar-refractivity contribution in [2.75, 3.05) is 44.2 Å². The van der Waals surface area contributed by atoms with Crippen LogP contribution in [0.4, 0.5) is 0 Å². The predicted octanol–water partition coefficient (Wildman–Crippen LogP) is -0.520. The number of rotatable bonds is 3. The molecular formula is C15H27N3O4S. The molecule has 1 atom stereocenters. The molecule has 0 saturated carbocycles. The van der Waals surface area contributed by atoms with Crippen molar-refractivity contribution >= 4 is 21.7 Å². The molecule has 2 rings (SSSR count). The standard InChI is InChI=1S/C15H27N3O4S/c1-15(2,3)14(20)18-7-5-17(6-8-18)10-13(19)16-12-4-9-23(21,22)11-12/h12H,4-11H2,1-3H3,(H,16,19)/t12-/m1/s1. The zero-order chi connectivity index (χ0) is 17.3. The summed E-state index contributed by atoms with van der Waals surface area (Å²) in [7, 11) is -2.98. The van der Waals surface area contributed by atoms with Gasteiger partial charge in [-0.3, -0.25) is 14.5 Å². The Hall–Kier alpha value is -1.15. The Morgan fingerprint density at radius 2 is 1.74 bits per heavy atom. The van der Waals surface area contributed by atoms with Crippen LogP contribution in [0.5, 0.6) is 0 Å². The monoisotopic (exact) mass is 345 g/mol. The van der Waals surface area contributed by atoms with Gasteiger partial charge >= 0.3 is 0 Å². The van der Waals surface area contributed by atoms with E-state index in [0.717, 1.165) is 0 Å². The Morgan fingerprint density at radius 1 is 1.13 bits per heavy atom. The maximum absolute atomic E-state index is 12.2. The summed E-state index contributed by atoms with van der Waals surface area (Å²) in [4.78, 5) is 28.1. The molecule has 2 aliphatic heterocycles. The number of amides is 2. The second kappa shape index (κ2) is 6.76. The molecule has 1 N–H and O–H groups in total. The normalized spacial score (nSPS) is 25.3. The highest BCUT2D eigenvalue weighted by Gasteiger charge is 2.31. The third-order valence-electron chi connectivity index (χ3n) is 4.27. The SMILES string of the molecule is CC(C)(C)C(=O)N1CCN(CC(=O)N[C@@H]2CCS(=O)(=O)C2)CC1. The second-order valence-electron chi connectivity index (χ2n) is 7.49. The summed E-state index contributed by atoms with van der Waals surface area (Å²) >= 11 is 0. The van der Waals surface area contributed by atoms with Gasteiger partial charge in [0, 0.05) is 37.6 Å². The van der Waals surface area contributed by atoms with E-state index in [0.29, 0.717) is 32.6 Å². The van der Waals surface area contributed by atoms with E-state index in [1.807, 2.05) is 30.6 Å². The summed E-state index contributed by atoms with van der Waals surface area (Å²) < 4.78 is 22.8. The van der Waals surface area contributed by atoms with Crippen LogP contribution in [0.1, 0.15) is 27.2 Å². The van der Waals surface area contributed by atoms with Crippen molar-refractivity contribution in [3.8, 4) is 0 Å². The van der Waals surface area contributed by atoms with Gasteiger partial charge in [-0.05, 0) is 6.42 Å². The minimum Gasteiger partial charge on any atom is -0.351 e. The Balaban J connectivity index is 1.74. The number of hydrogen-bond acceptors (Lipinski definition) is 5. The Bertz CT molecular complexity index is 560. The highest BCUT2D eigenvalue weighted by molar-refractivity contribution is 7.91. The van der Waals surface area contributed by atoms with Crippen molar-refractivity contribution in [1.29, 1.82) is 0 Å². The van der Waals surface area contributed by atoms with Crippen LogP contribution in [0.3, 0.4) is 0 Å². The lowest BCUT2D eigenvalue weighted by atomic mass is 9.94. The molecule has 2 fully saturated rings. The molecule has 0 unspecified atom stereocenters. The van der Waals surface area contributed by atoms with E-state index in [1.54, 1.807) is 0 Å². The molecule has 7 nitrogen and oxygen atoms in total. The summed E-state index contributed by atoms with van der Waals surface area (Å²) in [6.07, 6.45) is 0.502. The molecule has 0 aromatic carbocycles. The first-order valence-electron chi connectivity index (χ1n) is 8.08. The zero-order valence-electron chi connectivity index (χ0n) is 14.2. The van der Waals surface area contributed by atoms with Gasteiger partial charge in [0.25, 0.3) is 0 Å². The number of carbonyl (C=O) groups is 2. The lowest BCUT2D eigenvalue weighted by molar-refractivity contribution is -0.141. The van der Waals surface area contributed by atoms with Crippen molar-refractivity contribution in [2.45, 2.75) is 33.2 Å². The number of nitrogens with zero attached hydrogens (tertiary/aromatic N) is 2. The van der Waals surface area contributed by atoms with Crippen LogP contribution in [-0.2, 0) is 19.4 Å². The number of carbonyl (C=O) groups excluding carboxylic acids is 2. The first-order valence-corrected chi connectivity index (χ1v) is 9.90. The van der Waals surface area contributed by atoms with Gasteiger partial charge in [0.2, 0.25) is 11.8 Å². The van der Waals surface area contributed by atoms with Crippen LogP contribution < -0.4 is 5.32 Å². The smallest absolute Gasteiger partial charge is 0.234 e. The van der Waals surface area contributed by atoms with Crippen molar-refractivity contribution in [3.63, 3.8) is 0 Å². The molecule has 23 heavy (non-hydrogen) atoms. The van der Waals surface area contributed by atoms with Gasteiger partial charge in [-0.25, -0.2) is 8.42 Å². The van der Waals surface area contributed by atoms with E-state index < -0.39 is 9.84 Å². The first kappa shape index (κ1) is 18.2. The van der Waals surface area contributed by atoms with Crippen LogP contribution in [0.25, 0.3) is 0 Å². The maximum Gasteiger partial charge on any atom is 0.234 e. The third-order valence-corrected chi connectivity index (χ3v) is 6.03. The number of piperazine rings is 1. The van der Waals surface area contributed by atoms with E-state index in [2.05, 4.69) is 5.32 Å². The lowest BCUT2D eigenvalue weighted by Crippen LogP contribution is -2.53. The fraction of sp³-hybridized carbons (Fsp3) is 0.867. The fourth-order valence-corrected chi connectivity index (χ4v) is 4.64. The van der Waals surface area contributed by atoms with Crippen LogP contribution in [0, 0.1) is 5.41 Å². The molecule has 0 aromatic heterocycles. The van der Waals surface area contributed by atoms with Gasteiger partial charge in [-0.15, -0.1) is 0 Å². The molecule has 2 heterocycles. The summed E-state index contributed by atoms with van der Waals surface area (Å²) in [5.74, 6) is 0.207. The lowest BCUT2D eigenvalue weighted by Gasteiger charge is -2.37. The summed E-state index contributed by atoms with van der Waals surface area (Å²) in [6, 6.07) is -0.253. The minimum atomic E-state index is -2.98. The van der Waals surface area contributed by atoms with Gasteiger partial charge < -0.3 is 10.2 Å². The van der Waals surface area contributed by atoms with Gasteiger partial charge in [0.05, 0.1) is 18.1 Å². The third kappa shape index (κ3) is 5.17. The highest BCUT2D eigenvalue weighted by atomic mass is 32.2. The van der Waals surface area contributed by atoms with Crippen LogP contribution in [0.2, 0.25) is 0 Å². The largest absolute Gasteiger partial charge is 0.351 e. The van der Waals surface area contributed by atoms with Gasteiger partial charge in [-0.1, -0.05) is 20.8 Å². The Morgan fingerprint density at radius 3 is 2.22 bits per heavy atom. The van der Waals surface area contributed by atoms with Crippen LogP contribution in [0.15, 0.2) is 0 Å². The molecule has 8 heteroatoms. The molecule has 0 aromatic rings. The second-order valence-corrected chi connectivity index (χ2v) is 9.71. The minimum absolute atomic E-state index is 0.0482. The molecule has 0 radical (unpaired) electrons. The van der Waals surface area contributed by atoms with Crippen molar-refractivity contribution in [3.05, 3.63) is 0 Å². The average molecular weight is 345 g/mol. The van der Waals surface area contributed by atoms with E-state index >= 15 is 0 Å². The molecule has 132 valence electrons. The molecule has 0 aliphatic carbocycles. The average Bonchev–Trinajstić information content (AvgIpc) is 2.76. The predicted molar refractivity (Wildman–Crippen MR) is 87.7 cm³/mol. The molecule has 0 bridgehead atoms. The molecular weight excluding hydrogens is 318 g/mol. The molecule has 2 amide bonds. The molecule has 0 spiro atoms. The van der Waals surface area contributed by atoms with Crippen LogP contribution in [-0.4, -0.2) is 80.3 Å². The van der Waals surface area contributed by atoms with E-state index in [9.17, 15) is 18.0 Å². The summed E-state index contributed by atoms with van der Waals surface area (Å²) in [5, 5.41) is 2.80. The summed E-state index contributed by atoms with van der Waals surface area (Å²) in [5.41, 5.74) is -0.381. The first-order chi connectivity index (χ1) is 10.6. The quantitative estimate of drug-likeness (QED) is 0.744. The number of sulfone groups is 1. The van der Waals surface area contributed by atoms with E-state index in [1.165, 1.54) is 0 Å². The highest BCUT2D eigenvalue weighted by Crippen LogP contribution is 2.18. The number of nitrogens with one attached hydrogen (secondary N) is 1. The molecule has 2 aliphatic rings. The number of hydrogen-bond donors (Lipinski definition) is 1. The van der Waals surface area contributed by atoms with Gasteiger partial charge in [0.15, 0.2) is 9.84 Å². The molecule has 2 saturated heterocycles. The van der Waals surface area contributed by atoms with E-state index in [4.69, 9.17) is 0 Å². The van der Waals surface area contributed by atoms with E-state index in [-0.39, 0.29) is 41.3 Å². The van der Waals surface area contributed by atoms with Crippen molar-refractivity contribution in [1.82, 2.24) is 15.1 Å². The van der Waals surface area contributed by atoms with Gasteiger partial charge in [-0.2, -0.15) is 0 Å². The van der Waals surface area contributed by atoms with Crippen molar-refractivity contribution in [2.24, 2.45) is 5.41 Å². The maximum atomic E-state index is 12.2. The van der Waals surface area contributed by atoms with Crippen LogP contribution >= 0.6 is 0 Å². The zero-order valence-corrected chi connectivity index (χ0v) is 15.0. The Kier molecular flexibility index (Phi) is 5.35. The van der Waals surface area contributed by atoms with Gasteiger partial charge in [0.1, 0.15) is 0 Å². The fourth-order valence-electron chi connectivity index (χ4n) is 2.97. The topological polar surface area (TPSA) is 86.8 Å². The van der Waals surface area contributed by atoms with Crippen molar-refractivity contribution < 1.29 is 18.0 Å². The Labute approximate surface area is 138 Å².